The standard InChI is InChI=1S/C8H12F6N2/c9-7(10,11)1-5-3-16-6(4-15-5)2-8(12,13)14/h5-6,15-16H,1-4H2. The van der Waals surface area contributed by atoms with E-state index in [0.29, 0.717) is 0 Å². The van der Waals surface area contributed by atoms with Crippen LogP contribution in [0.2, 0.25) is 0 Å². The average Bonchev–Trinajstić information content (AvgIpc) is 2.03. The van der Waals surface area contributed by atoms with Gasteiger partial charge in [-0.2, -0.15) is 26.3 Å². The zero-order valence-electron chi connectivity index (χ0n) is 8.25. The molecule has 8 heteroatoms. The number of hydrogen-bond acceptors (Lipinski definition) is 2. The first-order chi connectivity index (χ1) is 7.16. The van der Waals surface area contributed by atoms with E-state index in [-0.39, 0.29) is 13.1 Å². The topological polar surface area (TPSA) is 24.1 Å². The SMILES string of the molecule is FC(F)(F)CC1CNC(CC(F)(F)F)CN1. The van der Waals surface area contributed by atoms with Gasteiger partial charge in [0, 0.05) is 25.2 Å². The minimum atomic E-state index is -4.30. The minimum Gasteiger partial charge on any atom is -0.311 e. The smallest absolute Gasteiger partial charge is 0.311 e. The van der Waals surface area contributed by atoms with Crippen molar-refractivity contribution in [3.63, 3.8) is 0 Å². The number of rotatable bonds is 2. The van der Waals surface area contributed by atoms with Crippen LogP contribution in [0.3, 0.4) is 0 Å². The molecule has 0 amide bonds. The van der Waals surface area contributed by atoms with Crippen molar-refractivity contribution >= 4 is 0 Å². The van der Waals surface area contributed by atoms with Gasteiger partial charge in [-0.1, -0.05) is 0 Å². The van der Waals surface area contributed by atoms with Crippen molar-refractivity contribution in [2.75, 3.05) is 13.1 Å². The first-order valence-corrected chi connectivity index (χ1v) is 4.76. The van der Waals surface area contributed by atoms with Crippen molar-refractivity contribution in [1.29, 1.82) is 0 Å². The second-order valence-electron chi connectivity index (χ2n) is 3.85. The number of halogens is 6. The van der Waals surface area contributed by atoms with Crippen molar-refractivity contribution in [3.8, 4) is 0 Å². The third-order valence-corrected chi connectivity index (χ3v) is 2.26. The summed E-state index contributed by atoms with van der Waals surface area (Å²) in [5.74, 6) is 0. The van der Waals surface area contributed by atoms with E-state index in [1.807, 2.05) is 0 Å². The van der Waals surface area contributed by atoms with Crippen LogP contribution in [-0.2, 0) is 0 Å². The van der Waals surface area contributed by atoms with E-state index in [0.717, 1.165) is 0 Å². The van der Waals surface area contributed by atoms with Crippen LogP contribution in [0.1, 0.15) is 12.8 Å². The molecule has 16 heavy (non-hydrogen) atoms. The van der Waals surface area contributed by atoms with Crippen LogP contribution < -0.4 is 10.6 Å². The fourth-order valence-electron chi connectivity index (χ4n) is 1.61. The summed E-state index contributed by atoms with van der Waals surface area (Å²) in [5, 5.41) is 4.93. The molecule has 2 atom stereocenters. The van der Waals surface area contributed by atoms with Gasteiger partial charge in [0.2, 0.25) is 0 Å². The zero-order valence-corrected chi connectivity index (χ0v) is 8.25. The van der Waals surface area contributed by atoms with Crippen LogP contribution in [0.5, 0.6) is 0 Å². The molecule has 2 unspecified atom stereocenters. The van der Waals surface area contributed by atoms with Gasteiger partial charge in [0.1, 0.15) is 0 Å². The lowest BCUT2D eigenvalue weighted by Crippen LogP contribution is -2.56. The quantitative estimate of drug-likeness (QED) is 0.730. The summed E-state index contributed by atoms with van der Waals surface area (Å²) in [4.78, 5) is 0. The van der Waals surface area contributed by atoms with Gasteiger partial charge in [0.25, 0.3) is 0 Å². The second-order valence-corrected chi connectivity index (χ2v) is 3.85. The molecule has 1 rings (SSSR count). The predicted molar refractivity (Wildman–Crippen MR) is 44.9 cm³/mol. The molecule has 1 aliphatic rings. The molecule has 0 aromatic heterocycles. The van der Waals surface area contributed by atoms with Crippen molar-refractivity contribution in [2.24, 2.45) is 0 Å². The molecule has 0 aromatic carbocycles. The molecular weight excluding hydrogens is 238 g/mol. The van der Waals surface area contributed by atoms with Crippen LogP contribution >= 0.6 is 0 Å². The van der Waals surface area contributed by atoms with E-state index in [1.54, 1.807) is 0 Å². The Morgan fingerprint density at radius 1 is 0.750 bits per heavy atom. The van der Waals surface area contributed by atoms with Gasteiger partial charge >= 0.3 is 12.4 Å². The first-order valence-electron chi connectivity index (χ1n) is 4.76. The molecule has 0 saturated carbocycles. The predicted octanol–water partition coefficient (Wildman–Crippen LogP) is 1.82. The van der Waals surface area contributed by atoms with Gasteiger partial charge < -0.3 is 10.6 Å². The van der Waals surface area contributed by atoms with E-state index in [2.05, 4.69) is 10.6 Å². The Hall–Kier alpha value is -0.500. The Bertz CT molecular complexity index is 192. The minimum absolute atomic E-state index is 0.0970. The molecule has 0 spiro atoms. The fourth-order valence-corrected chi connectivity index (χ4v) is 1.61. The van der Waals surface area contributed by atoms with Crippen LogP contribution in [0.4, 0.5) is 26.3 Å². The lowest BCUT2D eigenvalue weighted by molar-refractivity contribution is -0.147. The number of piperazine rings is 1. The highest BCUT2D eigenvalue weighted by Gasteiger charge is 2.37. The van der Waals surface area contributed by atoms with E-state index in [4.69, 9.17) is 0 Å². The molecule has 0 aromatic rings. The Kier molecular flexibility index (Phi) is 4.06. The third kappa shape index (κ3) is 5.55. The Labute approximate surface area is 88.4 Å². The van der Waals surface area contributed by atoms with Crippen molar-refractivity contribution in [3.05, 3.63) is 0 Å². The molecular formula is C8H12F6N2. The van der Waals surface area contributed by atoms with Crippen LogP contribution in [0.15, 0.2) is 0 Å². The summed E-state index contributed by atoms with van der Waals surface area (Å²) in [6, 6.07) is -1.69. The van der Waals surface area contributed by atoms with Crippen molar-refractivity contribution < 1.29 is 26.3 Å². The Morgan fingerprint density at radius 2 is 1.06 bits per heavy atom. The van der Waals surface area contributed by atoms with E-state index in [9.17, 15) is 26.3 Å². The summed E-state index contributed by atoms with van der Waals surface area (Å²) in [5.41, 5.74) is 0. The zero-order chi connectivity index (χ0) is 12.4. The maximum Gasteiger partial charge on any atom is 0.390 e. The average molecular weight is 250 g/mol. The lowest BCUT2D eigenvalue weighted by Gasteiger charge is -2.32. The fraction of sp³-hybridized carbons (Fsp3) is 1.00. The van der Waals surface area contributed by atoms with Gasteiger partial charge in [0.05, 0.1) is 12.8 Å². The molecule has 1 saturated heterocycles. The number of alkyl halides is 6. The number of hydrogen-bond donors (Lipinski definition) is 2. The number of nitrogens with one attached hydrogen (secondary N) is 2. The summed E-state index contributed by atoms with van der Waals surface area (Å²) in [6.45, 7) is -0.194. The molecule has 1 fully saturated rings. The third-order valence-electron chi connectivity index (χ3n) is 2.26. The molecule has 0 radical (unpaired) electrons. The Balaban J connectivity index is 2.29. The van der Waals surface area contributed by atoms with E-state index in [1.165, 1.54) is 0 Å². The van der Waals surface area contributed by atoms with Crippen LogP contribution in [-0.4, -0.2) is 37.5 Å². The van der Waals surface area contributed by atoms with Gasteiger partial charge in [-0.25, -0.2) is 0 Å². The molecule has 1 heterocycles. The van der Waals surface area contributed by atoms with Gasteiger partial charge in [-0.15, -0.1) is 0 Å². The molecule has 1 aliphatic heterocycles. The van der Waals surface area contributed by atoms with Gasteiger partial charge in [-0.3, -0.25) is 0 Å². The molecule has 0 aliphatic carbocycles. The van der Waals surface area contributed by atoms with E-state index >= 15 is 0 Å². The van der Waals surface area contributed by atoms with Crippen LogP contribution in [0.25, 0.3) is 0 Å². The highest BCUT2D eigenvalue weighted by molar-refractivity contribution is 4.85. The van der Waals surface area contributed by atoms with Gasteiger partial charge in [0.15, 0.2) is 0 Å². The summed E-state index contributed by atoms with van der Waals surface area (Å²) in [7, 11) is 0. The second kappa shape index (κ2) is 4.79. The monoisotopic (exact) mass is 250 g/mol. The lowest BCUT2D eigenvalue weighted by atomic mass is 10.1. The molecule has 96 valence electrons. The normalized spacial score (nSPS) is 28.1. The first kappa shape index (κ1) is 13.6. The van der Waals surface area contributed by atoms with Crippen molar-refractivity contribution in [1.82, 2.24) is 10.6 Å². The molecule has 2 N–H and O–H groups in total. The summed E-state index contributed by atoms with van der Waals surface area (Å²) >= 11 is 0. The van der Waals surface area contributed by atoms with Crippen LogP contribution in [0, 0.1) is 0 Å². The highest BCUT2D eigenvalue weighted by atomic mass is 19.4. The summed E-state index contributed by atoms with van der Waals surface area (Å²) in [6.07, 6.45) is -10.6. The maximum absolute atomic E-state index is 12.0. The summed E-state index contributed by atoms with van der Waals surface area (Å²) < 4.78 is 71.8. The molecule has 2 nitrogen and oxygen atoms in total. The van der Waals surface area contributed by atoms with Crippen molar-refractivity contribution in [2.45, 2.75) is 37.3 Å². The Morgan fingerprint density at radius 3 is 1.25 bits per heavy atom. The highest BCUT2D eigenvalue weighted by Crippen LogP contribution is 2.24. The maximum atomic E-state index is 12.0. The largest absolute Gasteiger partial charge is 0.390 e. The van der Waals surface area contributed by atoms with E-state index < -0.39 is 37.3 Å². The molecule has 0 bridgehead atoms. The van der Waals surface area contributed by atoms with Gasteiger partial charge in [-0.05, 0) is 0 Å².